The zero-order chi connectivity index (χ0) is 25.7. The zero-order valence-corrected chi connectivity index (χ0v) is 20.4. The number of aryl methyl sites for hydroxylation is 2. The van der Waals surface area contributed by atoms with Crippen LogP contribution < -0.4 is 10.6 Å². The van der Waals surface area contributed by atoms with Crippen LogP contribution in [0.3, 0.4) is 0 Å². The van der Waals surface area contributed by atoms with Crippen LogP contribution in [0.25, 0.3) is 11.3 Å². The summed E-state index contributed by atoms with van der Waals surface area (Å²) in [6.45, 7) is 5.32. The van der Waals surface area contributed by atoms with Crippen molar-refractivity contribution in [1.82, 2.24) is 20.3 Å². The average molecular weight is 486 g/mol. The van der Waals surface area contributed by atoms with Gasteiger partial charge < -0.3 is 15.7 Å². The Morgan fingerprint density at radius 2 is 1.92 bits per heavy atom. The summed E-state index contributed by atoms with van der Waals surface area (Å²) in [6, 6.07) is 14.9. The Labute approximate surface area is 209 Å². The third-order valence-electron chi connectivity index (χ3n) is 5.82. The number of hydrogen-bond donors (Lipinski definition) is 3. The second kappa shape index (κ2) is 11.0. The maximum atomic E-state index is 13.8. The first-order valence-electron chi connectivity index (χ1n) is 11.6. The molecule has 0 radical (unpaired) electrons. The van der Waals surface area contributed by atoms with E-state index in [0.717, 1.165) is 22.4 Å². The van der Waals surface area contributed by atoms with E-state index in [9.17, 15) is 14.3 Å². The lowest BCUT2D eigenvalue weighted by Gasteiger charge is -2.22. The number of nitrogens with zero attached hydrogens (tertiary/aromatic N) is 3. The molecule has 0 fully saturated rings. The van der Waals surface area contributed by atoms with Crippen LogP contribution in [-0.4, -0.2) is 38.1 Å². The quantitative estimate of drug-likeness (QED) is 0.333. The number of anilines is 2. The van der Waals surface area contributed by atoms with Crippen molar-refractivity contribution in [3.05, 3.63) is 101 Å². The van der Waals surface area contributed by atoms with E-state index in [4.69, 9.17) is 0 Å². The van der Waals surface area contributed by atoms with Gasteiger partial charge in [0.25, 0.3) is 5.91 Å². The largest absolute Gasteiger partial charge is 0.391 e. The molecule has 0 aliphatic heterocycles. The molecule has 3 N–H and O–H groups in total. The smallest absolute Gasteiger partial charge is 0.251 e. The number of aliphatic hydroxyl groups excluding tert-OH is 1. The van der Waals surface area contributed by atoms with Gasteiger partial charge in [0.15, 0.2) is 0 Å². The molecule has 0 bridgehead atoms. The Bertz CT molecular complexity index is 1340. The first-order valence-corrected chi connectivity index (χ1v) is 11.6. The molecule has 8 heteroatoms. The zero-order valence-electron chi connectivity index (χ0n) is 20.4. The first-order chi connectivity index (χ1) is 17.3. The number of aliphatic hydroxyl groups is 1. The molecular weight excluding hydrogens is 457 g/mol. The van der Waals surface area contributed by atoms with Crippen LogP contribution in [0, 0.1) is 19.7 Å². The first kappa shape index (κ1) is 24.9. The normalized spacial score (nSPS) is 12.6. The number of rotatable bonds is 8. The second-order valence-corrected chi connectivity index (χ2v) is 8.82. The molecule has 7 nitrogen and oxygen atoms in total. The maximum Gasteiger partial charge on any atom is 0.251 e. The van der Waals surface area contributed by atoms with E-state index in [2.05, 4.69) is 25.6 Å². The number of carbonyl (C=O) groups excluding carboxylic acids is 1. The van der Waals surface area contributed by atoms with Crippen molar-refractivity contribution in [2.45, 2.75) is 39.3 Å². The average Bonchev–Trinajstić information content (AvgIpc) is 2.85. The van der Waals surface area contributed by atoms with Crippen molar-refractivity contribution < 1.29 is 14.3 Å². The number of nitrogens with one attached hydrogen (secondary N) is 2. The van der Waals surface area contributed by atoms with Gasteiger partial charge in [0, 0.05) is 35.4 Å². The third kappa shape index (κ3) is 6.28. The van der Waals surface area contributed by atoms with E-state index in [0.29, 0.717) is 29.2 Å². The van der Waals surface area contributed by atoms with Crippen LogP contribution in [0.15, 0.2) is 73.2 Å². The summed E-state index contributed by atoms with van der Waals surface area (Å²) in [5.74, 6) is -0.299. The standard InChI is InChI=1S/C28H28FN5O2/c1-17-11-20(13-23(29)12-17)14-26(19(3)35)32-27(36)21-7-6-18(2)25(15-21)34-28-31-10-8-24(33-28)22-5-4-9-30-16-22/h4-13,15-16,19,26,35H,14H2,1-3H3,(H,32,36)(H,31,33,34)/t19-,26+/m1/s1. The number of hydrogen-bond acceptors (Lipinski definition) is 6. The van der Waals surface area contributed by atoms with Gasteiger partial charge in [-0.2, -0.15) is 0 Å². The van der Waals surface area contributed by atoms with Crippen molar-refractivity contribution in [3.8, 4) is 11.3 Å². The van der Waals surface area contributed by atoms with Crippen molar-refractivity contribution in [2.24, 2.45) is 0 Å². The minimum atomic E-state index is -0.829. The molecular formula is C28H28FN5O2. The minimum Gasteiger partial charge on any atom is -0.391 e. The van der Waals surface area contributed by atoms with E-state index in [1.807, 2.05) is 31.2 Å². The van der Waals surface area contributed by atoms with Gasteiger partial charge >= 0.3 is 0 Å². The molecule has 0 saturated carbocycles. The van der Waals surface area contributed by atoms with Crippen molar-refractivity contribution in [3.63, 3.8) is 0 Å². The number of halogens is 1. The van der Waals surface area contributed by atoms with Crippen molar-refractivity contribution in [2.75, 3.05) is 5.32 Å². The molecule has 184 valence electrons. The van der Waals surface area contributed by atoms with Crippen molar-refractivity contribution in [1.29, 1.82) is 0 Å². The lowest BCUT2D eigenvalue weighted by Crippen LogP contribution is -2.43. The van der Waals surface area contributed by atoms with Gasteiger partial charge in [-0.25, -0.2) is 14.4 Å². The molecule has 0 spiro atoms. The fraction of sp³-hybridized carbons (Fsp3) is 0.214. The molecule has 2 aromatic carbocycles. The Hall–Kier alpha value is -4.17. The van der Waals surface area contributed by atoms with E-state index >= 15 is 0 Å². The number of pyridine rings is 1. The summed E-state index contributed by atoms with van der Waals surface area (Å²) in [7, 11) is 0. The number of aromatic nitrogens is 3. The summed E-state index contributed by atoms with van der Waals surface area (Å²) in [4.78, 5) is 26.1. The fourth-order valence-electron chi connectivity index (χ4n) is 3.89. The van der Waals surface area contributed by atoms with E-state index in [-0.39, 0.29) is 11.7 Å². The summed E-state index contributed by atoms with van der Waals surface area (Å²) in [5, 5.41) is 16.4. The lowest BCUT2D eigenvalue weighted by molar-refractivity contribution is 0.0859. The highest BCUT2D eigenvalue weighted by molar-refractivity contribution is 5.95. The number of benzene rings is 2. The van der Waals surface area contributed by atoms with Gasteiger partial charge in [-0.15, -0.1) is 0 Å². The van der Waals surface area contributed by atoms with Gasteiger partial charge in [0.2, 0.25) is 5.95 Å². The molecule has 36 heavy (non-hydrogen) atoms. The number of amides is 1. The topological polar surface area (TPSA) is 100 Å². The summed E-state index contributed by atoms with van der Waals surface area (Å²) in [5.41, 5.74) is 5.07. The minimum absolute atomic E-state index is 0.300. The Kier molecular flexibility index (Phi) is 7.65. The van der Waals surface area contributed by atoms with Crippen LogP contribution in [0.1, 0.15) is 34.0 Å². The van der Waals surface area contributed by atoms with E-state index < -0.39 is 12.1 Å². The number of carbonyl (C=O) groups is 1. The SMILES string of the molecule is Cc1cc(F)cc(C[C@H](NC(=O)c2ccc(C)c(Nc3nccc(-c4cccnc4)n3)c2)[C@@H](C)O)c1. The van der Waals surface area contributed by atoms with Crippen LogP contribution >= 0.6 is 0 Å². The van der Waals surface area contributed by atoms with Gasteiger partial charge in [-0.3, -0.25) is 9.78 Å². The van der Waals surface area contributed by atoms with Crippen LogP contribution in [0.2, 0.25) is 0 Å². The van der Waals surface area contributed by atoms with Gasteiger partial charge in [-0.05, 0) is 86.3 Å². The molecule has 4 rings (SSSR count). The summed E-state index contributed by atoms with van der Waals surface area (Å²) < 4.78 is 13.8. The van der Waals surface area contributed by atoms with Crippen LogP contribution in [0.5, 0.6) is 0 Å². The highest BCUT2D eigenvalue weighted by Crippen LogP contribution is 2.22. The van der Waals surface area contributed by atoms with Crippen LogP contribution in [-0.2, 0) is 6.42 Å². The molecule has 0 saturated heterocycles. The van der Waals surface area contributed by atoms with Crippen molar-refractivity contribution >= 4 is 17.5 Å². The molecule has 4 aromatic rings. The van der Waals surface area contributed by atoms with E-state index in [1.54, 1.807) is 50.6 Å². The Balaban J connectivity index is 1.51. The van der Waals surface area contributed by atoms with E-state index in [1.165, 1.54) is 12.1 Å². The highest BCUT2D eigenvalue weighted by Gasteiger charge is 2.20. The predicted molar refractivity (Wildman–Crippen MR) is 138 cm³/mol. The Morgan fingerprint density at radius 3 is 2.64 bits per heavy atom. The molecule has 0 unspecified atom stereocenters. The molecule has 0 aliphatic rings. The third-order valence-corrected chi connectivity index (χ3v) is 5.82. The van der Waals surface area contributed by atoms with Gasteiger partial charge in [-0.1, -0.05) is 12.1 Å². The predicted octanol–water partition coefficient (Wildman–Crippen LogP) is 4.76. The van der Waals surface area contributed by atoms with Gasteiger partial charge in [0.05, 0.1) is 17.8 Å². The highest BCUT2D eigenvalue weighted by atomic mass is 19.1. The van der Waals surface area contributed by atoms with Gasteiger partial charge in [0.1, 0.15) is 5.82 Å². The second-order valence-electron chi connectivity index (χ2n) is 8.82. The van der Waals surface area contributed by atoms with Crippen LogP contribution in [0.4, 0.5) is 16.0 Å². The maximum absolute atomic E-state index is 13.8. The monoisotopic (exact) mass is 485 g/mol. The molecule has 1 amide bonds. The summed E-state index contributed by atoms with van der Waals surface area (Å²) >= 11 is 0. The summed E-state index contributed by atoms with van der Waals surface area (Å²) in [6.07, 6.45) is 4.56. The molecule has 2 aromatic heterocycles. The lowest BCUT2D eigenvalue weighted by atomic mass is 9.99. The molecule has 0 aliphatic carbocycles. The molecule has 2 atom stereocenters. The fourth-order valence-corrected chi connectivity index (χ4v) is 3.89. The molecule has 2 heterocycles. The Morgan fingerprint density at radius 1 is 1.08 bits per heavy atom.